The van der Waals surface area contributed by atoms with E-state index in [0.29, 0.717) is 16.7 Å². The Morgan fingerprint density at radius 1 is 1.12 bits per heavy atom. The maximum Gasteiger partial charge on any atom is 0.253 e. The van der Waals surface area contributed by atoms with Crippen molar-refractivity contribution in [2.45, 2.75) is 25.9 Å². The van der Waals surface area contributed by atoms with Crippen molar-refractivity contribution in [2.24, 2.45) is 0 Å². The van der Waals surface area contributed by atoms with Crippen molar-refractivity contribution in [3.63, 3.8) is 0 Å². The number of hydrogen-bond acceptors (Lipinski definition) is 4. The van der Waals surface area contributed by atoms with Crippen LogP contribution in [0.2, 0.25) is 5.02 Å². The Labute approximate surface area is 189 Å². The Morgan fingerprint density at radius 3 is 2.75 bits per heavy atom. The minimum absolute atomic E-state index is 0.0170. The summed E-state index contributed by atoms with van der Waals surface area (Å²) in [4.78, 5) is 37.0. The maximum absolute atomic E-state index is 13.4. The number of nitrogens with one attached hydrogen (secondary N) is 1. The zero-order valence-corrected chi connectivity index (χ0v) is 18.1. The van der Waals surface area contributed by atoms with E-state index in [4.69, 9.17) is 11.6 Å². The molecule has 2 aromatic carbocycles. The van der Waals surface area contributed by atoms with Gasteiger partial charge in [-0.05, 0) is 48.9 Å². The van der Waals surface area contributed by atoms with Crippen molar-refractivity contribution >= 4 is 46.1 Å². The first-order chi connectivity index (χ1) is 15.5. The van der Waals surface area contributed by atoms with Crippen LogP contribution < -0.4 is 10.2 Å². The number of aryl methyl sites for hydroxylation is 1. The first kappa shape index (κ1) is 20.2. The van der Waals surface area contributed by atoms with Gasteiger partial charge in [-0.2, -0.15) is 0 Å². The van der Waals surface area contributed by atoms with E-state index >= 15 is 0 Å². The molecule has 1 unspecified atom stereocenters. The van der Waals surface area contributed by atoms with Crippen molar-refractivity contribution in [3.05, 3.63) is 83.1 Å². The number of amides is 2. The van der Waals surface area contributed by atoms with Gasteiger partial charge in [-0.1, -0.05) is 35.9 Å². The molecular formula is C24H20ClN5O2. The number of anilines is 2. The highest BCUT2D eigenvalue weighted by atomic mass is 35.5. The minimum atomic E-state index is -0.694. The van der Waals surface area contributed by atoms with Gasteiger partial charge >= 0.3 is 0 Å². The lowest BCUT2D eigenvalue weighted by molar-refractivity contribution is -0.124. The number of aromatic nitrogens is 3. The van der Waals surface area contributed by atoms with Crippen molar-refractivity contribution in [1.82, 2.24) is 14.5 Å². The van der Waals surface area contributed by atoms with Gasteiger partial charge in [0.05, 0.1) is 29.7 Å². The SMILES string of the molecule is Cc1ccc(Cl)cc1NC(=O)CC1C(=O)N(Cc2ccccn2)c2nc3ccccc3n21. The molecule has 7 nitrogen and oxygen atoms in total. The number of carbonyl (C=O) groups excluding carboxylic acids is 2. The third-order valence-corrected chi connectivity index (χ3v) is 5.82. The van der Waals surface area contributed by atoms with Crippen LogP contribution in [-0.2, 0) is 16.1 Å². The van der Waals surface area contributed by atoms with Gasteiger partial charge in [0.15, 0.2) is 0 Å². The van der Waals surface area contributed by atoms with Gasteiger partial charge in [0.2, 0.25) is 11.9 Å². The number of rotatable bonds is 5. The van der Waals surface area contributed by atoms with Gasteiger partial charge in [-0.3, -0.25) is 24.0 Å². The molecule has 5 rings (SSSR count). The summed E-state index contributed by atoms with van der Waals surface area (Å²) in [5.41, 5.74) is 3.87. The molecule has 160 valence electrons. The van der Waals surface area contributed by atoms with Gasteiger partial charge in [0.1, 0.15) is 6.04 Å². The average molecular weight is 446 g/mol. The fourth-order valence-electron chi connectivity index (χ4n) is 4.00. The smallest absolute Gasteiger partial charge is 0.253 e. The lowest BCUT2D eigenvalue weighted by atomic mass is 10.1. The van der Waals surface area contributed by atoms with Crippen LogP contribution in [0.1, 0.15) is 23.7 Å². The number of hydrogen-bond donors (Lipinski definition) is 1. The first-order valence-electron chi connectivity index (χ1n) is 10.3. The molecule has 4 aromatic rings. The van der Waals surface area contributed by atoms with Crippen LogP contribution in [0.15, 0.2) is 66.9 Å². The van der Waals surface area contributed by atoms with Gasteiger partial charge in [0, 0.05) is 16.9 Å². The molecule has 0 aliphatic carbocycles. The van der Waals surface area contributed by atoms with Crippen molar-refractivity contribution in [1.29, 1.82) is 0 Å². The zero-order chi connectivity index (χ0) is 22.2. The molecule has 0 bridgehead atoms. The van der Waals surface area contributed by atoms with Crippen LogP contribution in [0.4, 0.5) is 11.6 Å². The standard InChI is InChI=1S/C24H20ClN5O2/c1-15-9-10-16(25)12-19(15)27-22(31)13-21-23(32)29(14-17-6-4-5-11-26-17)24-28-18-7-2-3-8-20(18)30(21)24/h2-12,21H,13-14H2,1H3,(H,27,31). The predicted molar refractivity (Wildman–Crippen MR) is 124 cm³/mol. The second-order valence-electron chi connectivity index (χ2n) is 7.74. The van der Waals surface area contributed by atoms with E-state index in [-0.39, 0.29) is 24.8 Å². The number of benzene rings is 2. The van der Waals surface area contributed by atoms with E-state index < -0.39 is 6.04 Å². The lowest BCUT2D eigenvalue weighted by Gasteiger charge is -2.16. The van der Waals surface area contributed by atoms with Crippen molar-refractivity contribution < 1.29 is 9.59 Å². The van der Waals surface area contributed by atoms with Crippen molar-refractivity contribution in [3.8, 4) is 0 Å². The Hall–Kier alpha value is -3.71. The van der Waals surface area contributed by atoms with Crippen LogP contribution in [-0.4, -0.2) is 26.3 Å². The molecule has 2 amide bonds. The Bertz CT molecular complexity index is 1330. The Balaban J connectivity index is 1.48. The highest BCUT2D eigenvalue weighted by Crippen LogP contribution is 2.37. The van der Waals surface area contributed by atoms with E-state index in [1.165, 1.54) is 0 Å². The molecule has 1 aliphatic heterocycles. The molecule has 2 aromatic heterocycles. The number of fused-ring (bicyclic) bond motifs is 3. The Kier molecular flexibility index (Phi) is 5.11. The van der Waals surface area contributed by atoms with E-state index in [0.717, 1.165) is 22.3 Å². The zero-order valence-electron chi connectivity index (χ0n) is 17.3. The predicted octanol–water partition coefficient (Wildman–Crippen LogP) is 4.51. The summed E-state index contributed by atoms with van der Waals surface area (Å²) in [6.07, 6.45) is 1.67. The van der Waals surface area contributed by atoms with Gasteiger partial charge in [0.25, 0.3) is 5.91 Å². The maximum atomic E-state index is 13.4. The summed E-state index contributed by atoms with van der Waals surface area (Å²) in [6.45, 7) is 2.18. The summed E-state index contributed by atoms with van der Waals surface area (Å²) in [6, 6.07) is 17.8. The summed E-state index contributed by atoms with van der Waals surface area (Å²) in [5.74, 6) is 0.0811. The molecular weight excluding hydrogens is 426 g/mol. The summed E-state index contributed by atoms with van der Waals surface area (Å²) >= 11 is 6.08. The fourth-order valence-corrected chi connectivity index (χ4v) is 4.18. The Morgan fingerprint density at radius 2 is 1.94 bits per heavy atom. The highest BCUT2D eigenvalue weighted by Gasteiger charge is 2.41. The monoisotopic (exact) mass is 445 g/mol. The summed E-state index contributed by atoms with van der Waals surface area (Å²) in [5, 5.41) is 3.43. The van der Waals surface area contributed by atoms with Crippen LogP contribution in [0.25, 0.3) is 11.0 Å². The second kappa shape index (κ2) is 8.09. The number of imidazole rings is 1. The minimum Gasteiger partial charge on any atom is -0.326 e. The van der Waals surface area contributed by atoms with E-state index in [2.05, 4.69) is 15.3 Å². The molecule has 3 heterocycles. The number of carbonyl (C=O) groups is 2. The van der Waals surface area contributed by atoms with E-state index in [1.54, 1.807) is 23.2 Å². The van der Waals surface area contributed by atoms with E-state index in [9.17, 15) is 9.59 Å². The van der Waals surface area contributed by atoms with Crippen LogP contribution in [0.3, 0.4) is 0 Å². The highest BCUT2D eigenvalue weighted by molar-refractivity contribution is 6.31. The molecule has 0 spiro atoms. The third-order valence-electron chi connectivity index (χ3n) is 5.58. The fraction of sp³-hybridized carbons (Fsp3) is 0.167. The topological polar surface area (TPSA) is 80.1 Å². The molecule has 32 heavy (non-hydrogen) atoms. The number of nitrogens with zero attached hydrogens (tertiary/aromatic N) is 4. The van der Waals surface area contributed by atoms with Crippen LogP contribution >= 0.6 is 11.6 Å². The molecule has 0 fully saturated rings. The molecule has 0 saturated heterocycles. The molecule has 1 aliphatic rings. The molecule has 0 radical (unpaired) electrons. The van der Waals surface area contributed by atoms with Gasteiger partial charge in [-0.25, -0.2) is 4.98 Å². The van der Waals surface area contributed by atoms with Gasteiger partial charge in [-0.15, -0.1) is 0 Å². The lowest BCUT2D eigenvalue weighted by Crippen LogP contribution is -2.31. The summed E-state index contributed by atoms with van der Waals surface area (Å²) < 4.78 is 1.85. The number of halogens is 1. The summed E-state index contributed by atoms with van der Waals surface area (Å²) in [7, 11) is 0. The largest absolute Gasteiger partial charge is 0.326 e. The molecule has 0 saturated carbocycles. The second-order valence-corrected chi connectivity index (χ2v) is 8.18. The van der Waals surface area contributed by atoms with Crippen LogP contribution in [0, 0.1) is 6.92 Å². The first-order valence-corrected chi connectivity index (χ1v) is 10.6. The molecule has 1 atom stereocenters. The van der Waals surface area contributed by atoms with Gasteiger partial charge < -0.3 is 5.32 Å². The average Bonchev–Trinajstić information content (AvgIpc) is 3.28. The normalized spacial score (nSPS) is 15.2. The quantitative estimate of drug-likeness (QED) is 0.490. The third kappa shape index (κ3) is 3.61. The number of pyridine rings is 1. The molecule has 1 N–H and O–H groups in total. The van der Waals surface area contributed by atoms with Crippen LogP contribution in [0.5, 0.6) is 0 Å². The van der Waals surface area contributed by atoms with Crippen molar-refractivity contribution in [2.75, 3.05) is 10.2 Å². The number of para-hydroxylation sites is 2. The molecule has 8 heteroatoms. The van der Waals surface area contributed by atoms with E-state index in [1.807, 2.05) is 60.0 Å².